The molecule has 0 fully saturated rings. The Morgan fingerprint density at radius 3 is 2.89 bits per heavy atom. The van der Waals surface area contributed by atoms with Crippen molar-refractivity contribution in [1.82, 2.24) is 10.3 Å². The van der Waals surface area contributed by atoms with Crippen LogP contribution in [0.4, 0.5) is 11.4 Å². The molecule has 2 aromatic rings. The fraction of sp³-hybridized carbons (Fsp3) is 0.200. The highest BCUT2D eigenvalue weighted by Gasteiger charge is 2.18. The predicted molar refractivity (Wildman–Crippen MR) is 65.1 cm³/mol. The van der Waals surface area contributed by atoms with Gasteiger partial charge in [-0.15, -0.1) is 0 Å². The molecule has 1 aromatic carbocycles. The fourth-order valence-electron chi connectivity index (χ4n) is 1.49. The van der Waals surface area contributed by atoms with E-state index < -0.39 is 4.92 Å². The number of nitro groups is 1. The number of nitrogens with two attached hydrogens (primary N) is 1. The van der Waals surface area contributed by atoms with Gasteiger partial charge in [0.15, 0.2) is 5.52 Å². The van der Waals surface area contributed by atoms with E-state index in [0.29, 0.717) is 24.3 Å². The number of anilines is 1. The number of non-ortho nitro benzene ring substituents is 1. The average Bonchev–Trinajstić information content (AvgIpc) is 2.83. The zero-order chi connectivity index (χ0) is 13.0. The maximum absolute atomic E-state index is 10.8. The van der Waals surface area contributed by atoms with Crippen LogP contribution in [0.25, 0.3) is 11.0 Å². The third kappa shape index (κ3) is 2.28. The molecule has 94 valence electrons. The van der Waals surface area contributed by atoms with Gasteiger partial charge in [0, 0.05) is 19.2 Å². The zero-order valence-electron chi connectivity index (χ0n) is 9.37. The normalized spacial score (nSPS) is 11.2. The molecule has 0 spiro atoms. The first-order chi connectivity index (χ1) is 8.74. The topological polar surface area (TPSA) is 120 Å². The number of aromatic nitrogens is 2. The Labute approximate surface area is 102 Å². The van der Waals surface area contributed by atoms with Gasteiger partial charge in [-0.25, -0.2) is 4.63 Å². The van der Waals surface area contributed by atoms with Gasteiger partial charge in [0.25, 0.3) is 0 Å². The van der Waals surface area contributed by atoms with Gasteiger partial charge in [-0.05, 0) is 16.4 Å². The Bertz CT molecular complexity index is 592. The van der Waals surface area contributed by atoms with Gasteiger partial charge >= 0.3 is 5.69 Å². The molecule has 0 radical (unpaired) electrons. The first-order valence-corrected chi connectivity index (χ1v) is 5.22. The number of nitrogens with one attached hydrogen (secondary N) is 1. The summed E-state index contributed by atoms with van der Waals surface area (Å²) < 4.78 is 4.54. The van der Waals surface area contributed by atoms with E-state index in [-0.39, 0.29) is 11.2 Å². The van der Waals surface area contributed by atoms with Crippen LogP contribution in [-0.2, 0) is 0 Å². The molecule has 8 heteroatoms. The Hall–Kier alpha value is -2.48. The van der Waals surface area contributed by atoms with Gasteiger partial charge in [-0.1, -0.05) is 12.2 Å². The van der Waals surface area contributed by atoms with Gasteiger partial charge in [-0.3, -0.25) is 10.1 Å². The quantitative estimate of drug-likeness (QED) is 0.461. The van der Waals surface area contributed by atoms with Crippen molar-refractivity contribution >= 4 is 22.4 Å². The third-order valence-corrected chi connectivity index (χ3v) is 2.30. The van der Waals surface area contributed by atoms with Crippen molar-refractivity contribution in [2.75, 3.05) is 18.4 Å². The maximum Gasteiger partial charge on any atom is 0.300 e. The summed E-state index contributed by atoms with van der Waals surface area (Å²) in [5.74, 6) is 0. The van der Waals surface area contributed by atoms with Gasteiger partial charge in [0.05, 0.1) is 10.6 Å². The lowest BCUT2D eigenvalue weighted by Crippen LogP contribution is -2.01. The van der Waals surface area contributed by atoms with Crippen molar-refractivity contribution in [3.8, 4) is 0 Å². The Balaban J connectivity index is 2.30. The summed E-state index contributed by atoms with van der Waals surface area (Å²) in [5.41, 5.74) is 6.27. The van der Waals surface area contributed by atoms with E-state index in [4.69, 9.17) is 5.73 Å². The summed E-state index contributed by atoms with van der Waals surface area (Å²) in [6, 6.07) is 2.93. The van der Waals surface area contributed by atoms with E-state index in [2.05, 4.69) is 20.3 Å². The van der Waals surface area contributed by atoms with Crippen molar-refractivity contribution in [3.05, 3.63) is 34.4 Å². The summed E-state index contributed by atoms with van der Waals surface area (Å²) in [5, 5.41) is 21.0. The number of fused-ring (bicyclic) bond motifs is 1. The summed E-state index contributed by atoms with van der Waals surface area (Å²) in [6.45, 7) is 1.000. The highest BCUT2D eigenvalue weighted by Crippen LogP contribution is 2.28. The van der Waals surface area contributed by atoms with E-state index >= 15 is 0 Å². The van der Waals surface area contributed by atoms with Crippen LogP contribution in [0.2, 0.25) is 0 Å². The van der Waals surface area contributed by atoms with Crippen LogP contribution >= 0.6 is 0 Å². The fourth-order valence-corrected chi connectivity index (χ4v) is 1.49. The van der Waals surface area contributed by atoms with Crippen LogP contribution < -0.4 is 11.1 Å². The van der Waals surface area contributed by atoms with Gasteiger partial charge < -0.3 is 11.1 Å². The number of hydrogen-bond acceptors (Lipinski definition) is 7. The molecule has 0 unspecified atom stereocenters. The summed E-state index contributed by atoms with van der Waals surface area (Å²) >= 11 is 0. The first kappa shape index (κ1) is 12.0. The maximum atomic E-state index is 10.8. The Kier molecular flexibility index (Phi) is 3.49. The van der Waals surface area contributed by atoms with Crippen molar-refractivity contribution in [2.24, 2.45) is 5.73 Å². The van der Waals surface area contributed by atoms with Crippen LogP contribution in [-0.4, -0.2) is 28.3 Å². The SMILES string of the molecule is NC/C=C/CNc1ccc([N+](=O)[O-])c2nonc12. The van der Waals surface area contributed by atoms with E-state index in [0.717, 1.165) is 0 Å². The summed E-state index contributed by atoms with van der Waals surface area (Å²) in [7, 11) is 0. The lowest BCUT2D eigenvalue weighted by Gasteiger charge is -2.02. The average molecular weight is 249 g/mol. The largest absolute Gasteiger partial charge is 0.380 e. The number of nitrogens with zero attached hydrogens (tertiary/aromatic N) is 3. The standard InChI is InChI=1S/C10H11N5O3/c11-5-1-2-6-12-7-3-4-8(15(16)17)10-9(7)13-18-14-10/h1-4,12H,5-6,11H2/b2-1+. The minimum atomic E-state index is -0.523. The molecule has 2 rings (SSSR count). The first-order valence-electron chi connectivity index (χ1n) is 5.22. The molecule has 0 aliphatic carbocycles. The molecule has 8 nitrogen and oxygen atoms in total. The second-order valence-electron chi connectivity index (χ2n) is 3.44. The molecular formula is C10H11N5O3. The van der Waals surface area contributed by atoms with Crippen LogP contribution in [0.3, 0.4) is 0 Å². The molecule has 1 heterocycles. The molecule has 0 saturated heterocycles. The lowest BCUT2D eigenvalue weighted by molar-refractivity contribution is -0.383. The second kappa shape index (κ2) is 5.23. The smallest absolute Gasteiger partial charge is 0.300 e. The predicted octanol–water partition coefficient (Wildman–Crippen LogP) is 1.06. The summed E-state index contributed by atoms with van der Waals surface area (Å²) in [6.07, 6.45) is 3.65. The molecule has 1 aromatic heterocycles. The summed E-state index contributed by atoms with van der Waals surface area (Å²) in [4.78, 5) is 10.3. The third-order valence-electron chi connectivity index (χ3n) is 2.30. The van der Waals surface area contributed by atoms with Crippen LogP contribution in [0, 0.1) is 10.1 Å². The molecule has 0 aliphatic rings. The van der Waals surface area contributed by atoms with Crippen LogP contribution in [0.15, 0.2) is 28.9 Å². The molecule has 0 aliphatic heterocycles. The van der Waals surface area contributed by atoms with Crippen molar-refractivity contribution in [1.29, 1.82) is 0 Å². The minimum absolute atomic E-state index is 0.130. The van der Waals surface area contributed by atoms with Crippen LogP contribution in [0.5, 0.6) is 0 Å². The number of nitro benzene ring substituents is 1. The minimum Gasteiger partial charge on any atom is -0.380 e. The monoisotopic (exact) mass is 249 g/mol. The Morgan fingerprint density at radius 1 is 1.39 bits per heavy atom. The second-order valence-corrected chi connectivity index (χ2v) is 3.44. The molecule has 18 heavy (non-hydrogen) atoms. The van der Waals surface area contributed by atoms with E-state index in [1.54, 1.807) is 12.1 Å². The van der Waals surface area contributed by atoms with Crippen molar-refractivity contribution < 1.29 is 9.55 Å². The molecule has 3 N–H and O–H groups in total. The highest BCUT2D eigenvalue weighted by molar-refractivity contribution is 5.93. The molecule has 0 bridgehead atoms. The lowest BCUT2D eigenvalue weighted by atomic mass is 10.2. The molecule has 0 saturated carbocycles. The van der Waals surface area contributed by atoms with Crippen LogP contribution in [0.1, 0.15) is 0 Å². The van der Waals surface area contributed by atoms with E-state index in [1.165, 1.54) is 6.07 Å². The molecule has 0 atom stereocenters. The Morgan fingerprint density at radius 2 is 2.17 bits per heavy atom. The van der Waals surface area contributed by atoms with Gasteiger partial charge in [-0.2, -0.15) is 0 Å². The number of rotatable bonds is 5. The van der Waals surface area contributed by atoms with E-state index in [9.17, 15) is 10.1 Å². The molecule has 0 amide bonds. The van der Waals surface area contributed by atoms with Crippen molar-refractivity contribution in [3.63, 3.8) is 0 Å². The molecular weight excluding hydrogens is 238 g/mol. The zero-order valence-corrected chi connectivity index (χ0v) is 9.37. The van der Waals surface area contributed by atoms with E-state index in [1.807, 2.05) is 6.08 Å². The highest BCUT2D eigenvalue weighted by atomic mass is 16.6. The van der Waals surface area contributed by atoms with Crippen molar-refractivity contribution in [2.45, 2.75) is 0 Å². The number of benzene rings is 1. The van der Waals surface area contributed by atoms with Gasteiger partial charge in [0.2, 0.25) is 5.52 Å². The van der Waals surface area contributed by atoms with Gasteiger partial charge in [0.1, 0.15) is 0 Å². The number of hydrogen-bond donors (Lipinski definition) is 2.